The quantitative estimate of drug-likeness (QED) is 0.334. The standard InChI is InChI=1S/C28H28F3N3O6/c1-32-11-10-26-23-17-13-21(32)27(26,37)9-8-18(25(26)40-24(23)20(35)14-19(17)34(38)39)33(2)22(36)7-6-15-4-3-5-16(12-15)28(29,30)31/h3-7,12,14,18,21,25,35,37H,8-11,13H2,1-2H3/b7-6+/t18?,21-,25?,26+,27-/m1/s1. The van der Waals surface area contributed by atoms with Crippen LogP contribution in [-0.4, -0.2) is 75.3 Å². The molecule has 1 saturated heterocycles. The van der Waals surface area contributed by atoms with Crippen LogP contribution in [0.1, 0.15) is 41.5 Å². The number of piperidine rings is 1. The lowest BCUT2D eigenvalue weighted by atomic mass is 9.48. The van der Waals surface area contributed by atoms with Crippen molar-refractivity contribution in [3.8, 4) is 11.5 Å². The number of nitrogens with zero attached hydrogens (tertiary/aromatic N) is 3. The van der Waals surface area contributed by atoms with Gasteiger partial charge in [-0.05, 0) is 63.0 Å². The predicted molar refractivity (Wildman–Crippen MR) is 137 cm³/mol. The summed E-state index contributed by atoms with van der Waals surface area (Å²) in [6.07, 6.45) is -1.51. The van der Waals surface area contributed by atoms with E-state index in [0.29, 0.717) is 36.9 Å². The Kier molecular flexibility index (Phi) is 5.77. The average Bonchev–Trinajstić information content (AvgIpc) is 3.25. The van der Waals surface area contributed by atoms with Crippen LogP contribution < -0.4 is 4.74 Å². The lowest BCUT2D eigenvalue weighted by Crippen LogP contribution is -2.77. The van der Waals surface area contributed by atoms with Gasteiger partial charge < -0.3 is 24.7 Å². The summed E-state index contributed by atoms with van der Waals surface area (Å²) in [6.45, 7) is 0.578. The van der Waals surface area contributed by atoms with Gasteiger partial charge in [0.05, 0.1) is 33.6 Å². The molecule has 2 fully saturated rings. The first-order chi connectivity index (χ1) is 18.8. The number of carbonyl (C=O) groups is 1. The number of nitro groups is 1. The summed E-state index contributed by atoms with van der Waals surface area (Å²) in [4.78, 5) is 28.2. The molecule has 12 heteroatoms. The molecule has 2 aromatic carbocycles. The van der Waals surface area contributed by atoms with Crippen molar-refractivity contribution in [1.29, 1.82) is 0 Å². The highest BCUT2D eigenvalue weighted by atomic mass is 19.4. The fourth-order valence-electron chi connectivity index (χ4n) is 7.62. The number of likely N-dealkylation sites (tertiary alicyclic amines) is 1. The zero-order valence-corrected chi connectivity index (χ0v) is 21.8. The van der Waals surface area contributed by atoms with Crippen molar-refractivity contribution in [1.82, 2.24) is 9.80 Å². The van der Waals surface area contributed by atoms with E-state index >= 15 is 0 Å². The number of hydrogen-bond acceptors (Lipinski definition) is 7. The lowest BCUT2D eigenvalue weighted by molar-refractivity contribution is -0.386. The number of carbonyl (C=O) groups excluding carboxylic acids is 1. The minimum absolute atomic E-state index is 0.110. The molecule has 2 heterocycles. The molecular formula is C28H28F3N3O6. The number of hydrogen-bond donors (Lipinski definition) is 2. The van der Waals surface area contributed by atoms with Crippen LogP contribution in [-0.2, 0) is 22.8 Å². The van der Waals surface area contributed by atoms with E-state index in [2.05, 4.69) is 0 Å². The Morgan fingerprint density at radius 1 is 1.30 bits per heavy atom. The summed E-state index contributed by atoms with van der Waals surface area (Å²) < 4.78 is 45.7. The fraction of sp³-hybridized carbons (Fsp3) is 0.464. The zero-order chi connectivity index (χ0) is 28.8. The molecule has 0 aromatic heterocycles. The Morgan fingerprint density at radius 2 is 2.05 bits per heavy atom. The van der Waals surface area contributed by atoms with E-state index < -0.39 is 51.8 Å². The van der Waals surface area contributed by atoms with Gasteiger partial charge >= 0.3 is 6.18 Å². The Balaban J connectivity index is 1.38. The van der Waals surface area contributed by atoms with Crippen LogP contribution in [0.5, 0.6) is 11.5 Å². The molecule has 2 bridgehead atoms. The first-order valence-electron chi connectivity index (χ1n) is 13.0. The molecule has 1 amide bonds. The second kappa shape index (κ2) is 8.68. The van der Waals surface area contributed by atoms with Crippen molar-refractivity contribution >= 4 is 17.7 Å². The summed E-state index contributed by atoms with van der Waals surface area (Å²) in [7, 11) is 3.44. The Bertz CT molecular complexity index is 1460. The van der Waals surface area contributed by atoms with Gasteiger partial charge in [0.25, 0.3) is 5.69 Å². The smallest absolute Gasteiger partial charge is 0.416 e. The van der Waals surface area contributed by atoms with Crippen molar-refractivity contribution < 1.29 is 37.8 Å². The van der Waals surface area contributed by atoms with Crippen LogP contribution in [0.25, 0.3) is 6.08 Å². The summed E-state index contributed by atoms with van der Waals surface area (Å²) in [5, 5.41) is 35.1. The Morgan fingerprint density at radius 3 is 2.75 bits per heavy atom. The molecule has 1 spiro atoms. The molecule has 9 nitrogen and oxygen atoms in total. The maximum absolute atomic E-state index is 13.3. The van der Waals surface area contributed by atoms with E-state index in [1.165, 1.54) is 29.2 Å². The number of ether oxygens (including phenoxy) is 1. The topological polar surface area (TPSA) is 116 Å². The first-order valence-corrected chi connectivity index (χ1v) is 13.0. The van der Waals surface area contributed by atoms with Gasteiger partial charge in [0.15, 0.2) is 11.5 Å². The van der Waals surface area contributed by atoms with Crippen LogP contribution in [0.2, 0.25) is 0 Å². The molecule has 1 saturated carbocycles. The highest BCUT2D eigenvalue weighted by Crippen LogP contribution is 2.66. The van der Waals surface area contributed by atoms with Gasteiger partial charge in [-0.2, -0.15) is 13.2 Å². The molecular weight excluding hydrogens is 531 g/mol. The SMILES string of the molecule is CN(C(=O)/C=C/c1cccc(C(F)(F)F)c1)C1CC[C@@]2(O)[C@H]3Cc4c([N+](=O)[O-])cc(O)c5c4[C@@]2(CCN3C)C1O5. The van der Waals surface area contributed by atoms with E-state index in [1.807, 2.05) is 11.9 Å². The first kappa shape index (κ1) is 26.6. The van der Waals surface area contributed by atoms with Gasteiger partial charge in [0.2, 0.25) is 5.91 Å². The molecule has 6 rings (SSSR count). The van der Waals surface area contributed by atoms with Crippen molar-refractivity contribution in [2.45, 2.75) is 61.1 Å². The highest BCUT2D eigenvalue weighted by Gasteiger charge is 2.74. The van der Waals surface area contributed by atoms with Crippen LogP contribution in [0.3, 0.4) is 0 Å². The molecule has 5 atom stereocenters. The molecule has 212 valence electrons. The zero-order valence-electron chi connectivity index (χ0n) is 21.8. The van der Waals surface area contributed by atoms with Gasteiger partial charge in [-0.15, -0.1) is 0 Å². The number of benzene rings is 2. The third-order valence-corrected chi connectivity index (χ3v) is 9.48. The number of alkyl halides is 3. The second-order valence-corrected chi connectivity index (χ2v) is 11.3. The largest absolute Gasteiger partial charge is 0.504 e. The monoisotopic (exact) mass is 559 g/mol. The number of aromatic hydroxyl groups is 1. The Labute approximate surface area is 227 Å². The van der Waals surface area contributed by atoms with E-state index in [-0.39, 0.29) is 29.2 Å². The Hall–Kier alpha value is -3.64. The minimum Gasteiger partial charge on any atom is -0.504 e. The third kappa shape index (κ3) is 3.51. The van der Waals surface area contributed by atoms with E-state index in [0.717, 1.165) is 18.2 Å². The number of halogens is 3. The molecule has 40 heavy (non-hydrogen) atoms. The predicted octanol–water partition coefficient (Wildman–Crippen LogP) is 3.64. The van der Waals surface area contributed by atoms with Crippen molar-refractivity contribution in [2.24, 2.45) is 0 Å². The maximum atomic E-state index is 13.3. The number of phenolic OH excluding ortho intramolecular Hbond substituents is 1. The van der Waals surface area contributed by atoms with Crippen LogP contribution in [0.15, 0.2) is 36.4 Å². The van der Waals surface area contributed by atoms with Gasteiger partial charge in [0, 0.05) is 30.3 Å². The molecule has 2 aliphatic heterocycles. The molecule has 2 unspecified atom stereocenters. The van der Waals surface area contributed by atoms with Crippen molar-refractivity contribution in [2.75, 3.05) is 20.6 Å². The number of nitro benzene ring substituents is 1. The lowest BCUT2D eigenvalue weighted by Gasteiger charge is -2.64. The summed E-state index contributed by atoms with van der Waals surface area (Å²) in [6, 6.07) is 4.74. The number of rotatable bonds is 4. The van der Waals surface area contributed by atoms with Crippen LogP contribution >= 0.6 is 0 Å². The number of likely N-dealkylation sites (N-methyl/N-ethyl adjacent to an activating group) is 2. The van der Waals surface area contributed by atoms with E-state index in [4.69, 9.17) is 4.74 Å². The molecule has 2 aromatic rings. The molecule has 2 N–H and O–H groups in total. The molecule has 4 aliphatic rings. The van der Waals surface area contributed by atoms with E-state index in [1.54, 1.807) is 7.05 Å². The number of aliphatic hydroxyl groups is 1. The third-order valence-electron chi connectivity index (χ3n) is 9.48. The van der Waals surface area contributed by atoms with Gasteiger partial charge in [-0.1, -0.05) is 12.1 Å². The number of amides is 1. The van der Waals surface area contributed by atoms with E-state index in [9.17, 15) is 38.3 Å². The number of phenols is 1. The molecule has 0 radical (unpaired) electrons. The highest BCUT2D eigenvalue weighted by molar-refractivity contribution is 5.92. The van der Waals surface area contributed by atoms with Gasteiger partial charge in [0.1, 0.15) is 6.10 Å². The fourth-order valence-corrected chi connectivity index (χ4v) is 7.62. The second-order valence-electron chi connectivity index (χ2n) is 11.3. The summed E-state index contributed by atoms with van der Waals surface area (Å²) >= 11 is 0. The van der Waals surface area contributed by atoms with Crippen molar-refractivity contribution in [3.05, 3.63) is 68.8 Å². The average molecular weight is 560 g/mol. The van der Waals surface area contributed by atoms with Gasteiger partial charge in [-0.25, -0.2) is 0 Å². The van der Waals surface area contributed by atoms with Gasteiger partial charge in [-0.3, -0.25) is 14.9 Å². The maximum Gasteiger partial charge on any atom is 0.416 e. The molecule has 2 aliphatic carbocycles. The minimum atomic E-state index is -4.51. The summed E-state index contributed by atoms with van der Waals surface area (Å²) in [5.41, 5.74) is -2.33. The van der Waals surface area contributed by atoms with Crippen LogP contribution in [0.4, 0.5) is 18.9 Å². The van der Waals surface area contributed by atoms with Crippen molar-refractivity contribution in [3.63, 3.8) is 0 Å². The normalized spacial score (nSPS) is 30.6. The van der Waals surface area contributed by atoms with Crippen LogP contribution in [0, 0.1) is 10.1 Å². The summed E-state index contributed by atoms with van der Waals surface area (Å²) in [5.74, 6) is -0.745.